The first-order valence-electron chi connectivity index (χ1n) is 7.97. The van der Waals surface area contributed by atoms with Gasteiger partial charge in [-0.1, -0.05) is 24.3 Å². The Kier molecular flexibility index (Phi) is 6.10. The van der Waals surface area contributed by atoms with Crippen molar-refractivity contribution in [3.05, 3.63) is 59.7 Å². The molecule has 128 valence electrons. The fourth-order valence-corrected chi connectivity index (χ4v) is 3.28. The van der Waals surface area contributed by atoms with Crippen molar-refractivity contribution in [3.8, 4) is 5.75 Å². The van der Waals surface area contributed by atoms with Crippen LogP contribution in [0.3, 0.4) is 0 Å². The SMILES string of the molecule is COc1ccccc1CC1CCCN1C(=O)c1cccc(N)c1.Cl. The first-order valence-corrected chi connectivity index (χ1v) is 7.97. The number of nitrogen functional groups attached to an aromatic ring is 1. The molecule has 1 unspecified atom stereocenters. The Labute approximate surface area is 149 Å². The van der Waals surface area contributed by atoms with E-state index < -0.39 is 0 Å². The number of rotatable bonds is 4. The van der Waals surface area contributed by atoms with Gasteiger partial charge in [-0.3, -0.25) is 4.79 Å². The molecule has 1 aliphatic heterocycles. The van der Waals surface area contributed by atoms with Crippen molar-refractivity contribution >= 4 is 24.0 Å². The summed E-state index contributed by atoms with van der Waals surface area (Å²) >= 11 is 0. The monoisotopic (exact) mass is 346 g/mol. The van der Waals surface area contributed by atoms with Crippen LogP contribution in [0, 0.1) is 0 Å². The van der Waals surface area contributed by atoms with Gasteiger partial charge in [-0.25, -0.2) is 0 Å². The number of carbonyl (C=O) groups excluding carboxylic acids is 1. The molecule has 0 bridgehead atoms. The van der Waals surface area contributed by atoms with E-state index >= 15 is 0 Å². The number of benzene rings is 2. The van der Waals surface area contributed by atoms with Crippen molar-refractivity contribution in [1.82, 2.24) is 4.90 Å². The van der Waals surface area contributed by atoms with Gasteiger partial charge in [0.15, 0.2) is 0 Å². The lowest BCUT2D eigenvalue weighted by Gasteiger charge is -2.25. The normalized spacial score (nSPS) is 16.5. The fourth-order valence-electron chi connectivity index (χ4n) is 3.28. The molecular formula is C19H23ClN2O2. The number of hydrogen-bond donors (Lipinski definition) is 1. The molecule has 2 aromatic rings. The average Bonchev–Trinajstić information content (AvgIpc) is 3.03. The number of halogens is 1. The number of nitrogens with zero attached hydrogens (tertiary/aromatic N) is 1. The van der Waals surface area contributed by atoms with E-state index in [2.05, 4.69) is 6.07 Å². The number of amides is 1. The molecule has 2 N–H and O–H groups in total. The summed E-state index contributed by atoms with van der Waals surface area (Å²) in [5.41, 5.74) is 8.23. The number of anilines is 1. The Hall–Kier alpha value is -2.20. The van der Waals surface area contributed by atoms with Crippen LogP contribution in [0.25, 0.3) is 0 Å². The summed E-state index contributed by atoms with van der Waals surface area (Å²) in [5, 5.41) is 0. The zero-order valence-corrected chi connectivity index (χ0v) is 14.6. The van der Waals surface area contributed by atoms with Gasteiger partial charge in [0.05, 0.1) is 7.11 Å². The molecule has 0 spiro atoms. The number of methoxy groups -OCH3 is 1. The van der Waals surface area contributed by atoms with E-state index in [4.69, 9.17) is 10.5 Å². The topological polar surface area (TPSA) is 55.6 Å². The maximum atomic E-state index is 12.8. The fraction of sp³-hybridized carbons (Fsp3) is 0.316. The van der Waals surface area contributed by atoms with Gasteiger partial charge in [-0.2, -0.15) is 0 Å². The molecule has 5 heteroatoms. The Morgan fingerprint density at radius 1 is 1.25 bits per heavy atom. The molecule has 0 saturated carbocycles. The second-order valence-corrected chi connectivity index (χ2v) is 5.94. The molecule has 1 fully saturated rings. The van der Waals surface area contributed by atoms with Crippen molar-refractivity contribution < 1.29 is 9.53 Å². The van der Waals surface area contributed by atoms with Crippen LogP contribution in [0.15, 0.2) is 48.5 Å². The molecule has 1 heterocycles. The maximum Gasteiger partial charge on any atom is 0.254 e. The van der Waals surface area contributed by atoms with Crippen LogP contribution in [0.4, 0.5) is 5.69 Å². The molecule has 1 aliphatic rings. The first kappa shape index (κ1) is 18.1. The van der Waals surface area contributed by atoms with Crippen molar-refractivity contribution in [2.45, 2.75) is 25.3 Å². The van der Waals surface area contributed by atoms with E-state index in [0.717, 1.165) is 37.1 Å². The third-order valence-electron chi connectivity index (χ3n) is 4.42. The summed E-state index contributed by atoms with van der Waals surface area (Å²) in [4.78, 5) is 14.8. The number of carbonyl (C=O) groups is 1. The van der Waals surface area contributed by atoms with Gasteiger partial charge in [0.2, 0.25) is 0 Å². The van der Waals surface area contributed by atoms with Crippen LogP contribution in [0.1, 0.15) is 28.8 Å². The maximum absolute atomic E-state index is 12.8. The number of ether oxygens (including phenoxy) is 1. The van der Waals surface area contributed by atoms with E-state index in [1.165, 1.54) is 0 Å². The standard InChI is InChI=1S/C19H22N2O2.ClH/c1-23-18-10-3-2-6-14(18)13-17-9-5-11-21(17)19(22)15-7-4-8-16(20)12-15;/h2-4,6-8,10,12,17H,5,9,11,13,20H2,1H3;1H. The molecule has 24 heavy (non-hydrogen) atoms. The van der Waals surface area contributed by atoms with E-state index in [1.54, 1.807) is 19.2 Å². The lowest BCUT2D eigenvalue weighted by atomic mass is 10.0. The quantitative estimate of drug-likeness (QED) is 0.861. The Morgan fingerprint density at radius 3 is 2.79 bits per heavy atom. The Bertz CT molecular complexity index is 705. The molecule has 2 aromatic carbocycles. The van der Waals surface area contributed by atoms with Crippen molar-refractivity contribution in [2.75, 3.05) is 19.4 Å². The highest BCUT2D eigenvalue weighted by molar-refractivity contribution is 5.95. The van der Waals surface area contributed by atoms with Crippen LogP contribution in [-0.2, 0) is 6.42 Å². The number of likely N-dealkylation sites (tertiary alicyclic amines) is 1. The van der Waals surface area contributed by atoms with Crippen molar-refractivity contribution in [1.29, 1.82) is 0 Å². The third-order valence-corrected chi connectivity index (χ3v) is 4.42. The van der Waals surface area contributed by atoms with Crippen LogP contribution in [0.5, 0.6) is 5.75 Å². The second-order valence-electron chi connectivity index (χ2n) is 5.94. The summed E-state index contributed by atoms with van der Waals surface area (Å²) in [6.07, 6.45) is 2.87. The minimum atomic E-state index is 0. The predicted molar refractivity (Wildman–Crippen MR) is 98.9 cm³/mol. The zero-order chi connectivity index (χ0) is 16.2. The first-order chi connectivity index (χ1) is 11.2. The lowest BCUT2D eigenvalue weighted by molar-refractivity contribution is 0.0736. The minimum absolute atomic E-state index is 0. The average molecular weight is 347 g/mol. The summed E-state index contributed by atoms with van der Waals surface area (Å²) in [5.74, 6) is 0.949. The van der Waals surface area contributed by atoms with Crippen LogP contribution in [-0.4, -0.2) is 30.5 Å². The van der Waals surface area contributed by atoms with E-state index in [0.29, 0.717) is 11.3 Å². The van der Waals surface area contributed by atoms with Gasteiger partial charge >= 0.3 is 0 Å². The van der Waals surface area contributed by atoms with Crippen LogP contribution < -0.4 is 10.5 Å². The molecule has 0 aliphatic carbocycles. The highest BCUT2D eigenvalue weighted by Crippen LogP contribution is 2.27. The van der Waals surface area contributed by atoms with Crippen LogP contribution in [0.2, 0.25) is 0 Å². The molecular weight excluding hydrogens is 324 g/mol. The minimum Gasteiger partial charge on any atom is -0.496 e. The van der Waals surface area contributed by atoms with E-state index in [9.17, 15) is 4.79 Å². The molecule has 3 rings (SSSR count). The summed E-state index contributed by atoms with van der Waals surface area (Å²) in [6.45, 7) is 0.799. The summed E-state index contributed by atoms with van der Waals surface area (Å²) < 4.78 is 5.43. The summed E-state index contributed by atoms with van der Waals surface area (Å²) in [7, 11) is 1.68. The van der Waals surface area contributed by atoms with Gasteiger partial charge in [-0.05, 0) is 49.1 Å². The molecule has 0 radical (unpaired) electrons. The molecule has 1 atom stereocenters. The number of nitrogens with two attached hydrogens (primary N) is 1. The van der Waals surface area contributed by atoms with Crippen LogP contribution >= 0.6 is 12.4 Å². The van der Waals surface area contributed by atoms with E-state index in [-0.39, 0.29) is 24.4 Å². The lowest BCUT2D eigenvalue weighted by Crippen LogP contribution is -2.36. The molecule has 0 aromatic heterocycles. The molecule has 4 nitrogen and oxygen atoms in total. The second kappa shape index (κ2) is 8.06. The highest BCUT2D eigenvalue weighted by atomic mass is 35.5. The van der Waals surface area contributed by atoms with E-state index in [1.807, 2.05) is 35.2 Å². The zero-order valence-electron chi connectivity index (χ0n) is 13.8. The number of hydrogen-bond acceptors (Lipinski definition) is 3. The third kappa shape index (κ3) is 3.82. The van der Waals surface area contributed by atoms with Gasteiger partial charge in [0.1, 0.15) is 5.75 Å². The predicted octanol–water partition coefficient (Wildman–Crippen LogP) is 3.55. The Morgan fingerprint density at radius 2 is 2.04 bits per heavy atom. The Balaban J connectivity index is 0.00000208. The molecule has 1 amide bonds. The van der Waals surface area contributed by atoms with Gasteiger partial charge < -0.3 is 15.4 Å². The molecule has 1 saturated heterocycles. The van der Waals surface area contributed by atoms with Gasteiger partial charge in [-0.15, -0.1) is 12.4 Å². The van der Waals surface area contributed by atoms with Gasteiger partial charge in [0, 0.05) is 23.8 Å². The van der Waals surface area contributed by atoms with Crippen molar-refractivity contribution in [2.24, 2.45) is 0 Å². The largest absolute Gasteiger partial charge is 0.496 e. The van der Waals surface area contributed by atoms with Gasteiger partial charge in [0.25, 0.3) is 5.91 Å². The highest BCUT2D eigenvalue weighted by Gasteiger charge is 2.30. The van der Waals surface area contributed by atoms with Crippen molar-refractivity contribution in [3.63, 3.8) is 0 Å². The smallest absolute Gasteiger partial charge is 0.254 e. The number of para-hydroxylation sites is 1. The summed E-state index contributed by atoms with van der Waals surface area (Å²) in [6, 6.07) is 15.4.